The highest BCUT2D eigenvalue weighted by Gasteiger charge is 2.40. The number of unbranched alkanes of at least 4 members (excludes halogenated alkanes) is 8. The van der Waals surface area contributed by atoms with Crippen molar-refractivity contribution in [2.75, 3.05) is 52.9 Å². The molecule has 0 spiro atoms. The second kappa shape index (κ2) is 28.3. The zero-order valence-electron chi connectivity index (χ0n) is 48.7. The Morgan fingerprint density at radius 3 is 1.04 bits per heavy atom. The topological polar surface area (TPSA) is 183 Å². The summed E-state index contributed by atoms with van der Waals surface area (Å²) < 4.78 is 53.8. The van der Waals surface area contributed by atoms with E-state index in [0.717, 1.165) is 108 Å². The first kappa shape index (κ1) is 57.5. The fourth-order valence-corrected chi connectivity index (χ4v) is 9.89. The maximum Gasteiger partial charge on any atom is 0.164 e. The number of nitrogens with zero attached hydrogens (tertiary/aromatic N) is 5. The molecule has 16 heteroatoms. The maximum absolute atomic E-state index is 6.74. The molecule has 80 heavy (non-hydrogen) atoms. The molecule has 8 bridgehead atoms. The number of rotatable bonds is 32. The summed E-state index contributed by atoms with van der Waals surface area (Å²) in [5, 5.41) is 4.28. The lowest BCUT2D eigenvalue weighted by Gasteiger charge is -2.24. The van der Waals surface area contributed by atoms with Gasteiger partial charge in [0.2, 0.25) is 0 Å². The SMILES string of the molecule is CCCCOC1=CC=C(OCCCC)C2C3=NC(=C12)N=c1[nH]c(c2c(OCCCC)ccc(OCCCC)c12)=Nc1[nH]c(c2c(OCCCC)ccc(OCCCC)c12)/N=c1\[nH]c(c2c(OCCCC)ccc(OCCCC)c12)=N3. The van der Waals surface area contributed by atoms with Crippen LogP contribution in [0, 0.1) is 5.92 Å². The van der Waals surface area contributed by atoms with Crippen LogP contribution in [0.5, 0.6) is 34.5 Å². The average molecular weight is 1090 g/mol. The van der Waals surface area contributed by atoms with E-state index in [1.165, 1.54) is 0 Å². The lowest BCUT2D eigenvalue weighted by molar-refractivity contribution is 0.179. The van der Waals surface area contributed by atoms with Gasteiger partial charge in [-0.1, -0.05) is 107 Å². The molecule has 3 aliphatic rings. The Morgan fingerprint density at radius 2 is 0.662 bits per heavy atom. The molecular weight excluding hydrogens is 1010 g/mol. The van der Waals surface area contributed by atoms with Gasteiger partial charge < -0.3 is 52.8 Å². The van der Waals surface area contributed by atoms with Crippen LogP contribution in [0.15, 0.2) is 96.4 Å². The fourth-order valence-electron chi connectivity index (χ4n) is 9.89. The molecular formula is C64H84N8O8. The molecule has 0 saturated carbocycles. The Hall–Kier alpha value is -7.23. The highest BCUT2D eigenvalue weighted by molar-refractivity contribution is 6.08. The summed E-state index contributed by atoms with van der Waals surface area (Å²) >= 11 is 0. The fraction of sp³-hybridized carbons (Fsp3) is 0.516. The van der Waals surface area contributed by atoms with Crippen molar-refractivity contribution in [3.05, 3.63) is 93.4 Å². The van der Waals surface area contributed by atoms with Crippen molar-refractivity contribution in [2.24, 2.45) is 30.9 Å². The monoisotopic (exact) mass is 1090 g/mol. The third-order valence-electron chi connectivity index (χ3n) is 14.4. The maximum atomic E-state index is 6.74. The summed E-state index contributed by atoms with van der Waals surface area (Å²) in [6.45, 7) is 21.3. The van der Waals surface area contributed by atoms with Crippen LogP contribution in [0.1, 0.15) is 158 Å². The van der Waals surface area contributed by atoms with Gasteiger partial charge in [-0.15, -0.1) is 0 Å². The predicted molar refractivity (Wildman–Crippen MR) is 317 cm³/mol. The first-order valence-corrected chi connectivity index (χ1v) is 30.1. The van der Waals surface area contributed by atoms with E-state index < -0.39 is 5.92 Å². The number of amidine groups is 1. The van der Waals surface area contributed by atoms with Crippen LogP contribution >= 0.6 is 0 Å². The van der Waals surface area contributed by atoms with E-state index in [-0.39, 0.29) is 0 Å². The second-order valence-corrected chi connectivity index (χ2v) is 20.7. The van der Waals surface area contributed by atoms with Crippen molar-refractivity contribution in [3.63, 3.8) is 0 Å². The summed E-state index contributed by atoms with van der Waals surface area (Å²) in [7, 11) is 0. The number of H-pyrrole nitrogens is 3. The van der Waals surface area contributed by atoms with Crippen LogP contribution in [-0.2, 0) is 9.47 Å². The quantitative estimate of drug-likeness (QED) is 0.0349. The minimum Gasteiger partial charge on any atom is -0.497 e. The second-order valence-electron chi connectivity index (χ2n) is 20.7. The minimum atomic E-state index is -0.586. The number of fused-ring (bicyclic) bond motifs is 18. The molecule has 6 aromatic rings. The third kappa shape index (κ3) is 12.7. The summed E-state index contributed by atoms with van der Waals surface area (Å²) in [5.41, 5.74) is 2.71. The Bertz CT molecular complexity index is 3490. The largest absolute Gasteiger partial charge is 0.497 e. The highest BCUT2D eigenvalue weighted by atomic mass is 16.5. The van der Waals surface area contributed by atoms with Crippen molar-refractivity contribution in [3.8, 4) is 34.5 Å². The summed E-state index contributed by atoms with van der Waals surface area (Å²) in [4.78, 5) is 39.1. The molecule has 9 rings (SSSR count). The first-order valence-electron chi connectivity index (χ1n) is 30.1. The van der Waals surface area contributed by atoms with Crippen LogP contribution in [0.4, 0.5) is 11.6 Å². The summed E-state index contributed by atoms with van der Waals surface area (Å²) in [6, 6.07) is 11.9. The first-order chi connectivity index (χ1) is 39.4. The predicted octanol–water partition coefficient (Wildman–Crippen LogP) is 14.0. The molecule has 3 N–H and O–H groups in total. The van der Waals surface area contributed by atoms with Crippen molar-refractivity contribution in [1.82, 2.24) is 15.0 Å². The van der Waals surface area contributed by atoms with Gasteiger partial charge in [0.15, 0.2) is 5.82 Å². The number of allylic oxidation sites excluding steroid dienone is 3. The number of nitrogens with one attached hydrogen (secondary N) is 3. The van der Waals surface area contributed by atoms with E-state index in [1.54, 1.807) is 0 Å². The molecule has 1 unspecified atom stereocenters. The van der Waals surface area contributed by atoms with Gasteiger partial charge in [0.25, 0.3) is 0 Å². The van der Waals surface area contributed by atoms with Crippen molar-refractivity contribution in [1.29, 1.82) is 0 Å². The summed E-state index contributed by atoms with van der Waals surface area (Å²) in [5.74, 6) is 6.50. The van der Waals surface area contributed by atoms with Gasteiger partial charge in [-0.3, -0.25) is 0 Å². The third-order valence-corrected chi connectivity index (χ3v) is 14.4. The van der Waals surface area contributed by atoms with Crippen molar-refractivity contribution < 1.29 is 37.9 Å². The van der Waals surface area contributed by atoms with E-state index in [0.29, 0.717) is 176 Å². The highest BCUT2D eigenvalue weighted by Crippen LogP contribution is 2.46. The molecule has 0 fully saturated rings. The zero-order valence-corrected chi connectivity index (χ0v) is 48.7. The number of aromatic nitrogens is 3. The number of aromatic amines is 3. The molecule has 0 saturated heterocycles. The Kier molecular flexibility index (Phi) is 20.3. The van der Waals surface area contributed by atoms with E-state index in [9.17, 15) is 0 Å². The van der Waals surface area contributed by atoms with Gasteiger partial charge in [-0.05, 0) is 99.9 Å². The molecule has 2 aliphatic heterocycles. The van der Waals surface area contributed by atoms with Gasteiger partial charge >= 0.3 is 0 Å². The minimum absolute atomic E-state index is 0.414. The zero-order chi connectivity index (χ0) is 55.8. The molecule has 0 amide bonds. The number of aliphatic imine (C=N–C) groups is 1. The normalized spacial score (nSPS) is 15.1. The lowest BCUT2D eigenvalue weighted by atomic mass is 9.91. The molecule has 1 aliphatic carbocycles. The van der Waals surface area contributed by atoms with Crippen LogP contribution in [0.25, 0.3) is 32.3 Å². The Labute approximate surface area is 470 Å². The standard InChI is InChI=1S/C64H84N8O8/c1-9-17-33-73-41-25-26-42(74-34-18-10-2)50-49(41)57-65-58(50)70-60-53-45(77-37-21-13-5)29-30-46(78-38-22-14-6)54(53)62(67-60)72-64-56-48(80-40-24-16-8)32-31-47(79-39-23-15-7)55(56)63(68-64)71-61-52-44(76-36-20-12-4)28-27-43(75-35-19-11-3)51(52)59(66-61)69-57/h25-32,49,68H,9-24,33-40H2,1-8H3,(H,67,70,72)(H,65,66,69,71). The van der Waals surface area contributed by atoms with Gasteiger partial charge in [-0.25, -0.2) is 25.0 Å². The van der Waals surface area contributed by atoms with Crippen LogP contribution in [0.3, 0.4) is 0 Å². The van der Waals surface area contributed by atoms with Crippen LogP contribution < -0.4 is 50.4 Å². The number of ether oxygens (including phenoxy) is 8. The molecule has 1 atom stereocenters. The number of benzene rings is 3. The molecule has 0 radical (unpaired) electrons. The lowest BCUT2D eigenvalue weighted by Crippen LogP contribution is -2.24. The van der Waals surface area contributed by atoms with E-state index >= 15 is 0 Å². The molecule has 5 heterocycles. The van der Waals surface area contributed by atoms with E-state index in [1.807, 2.05) is 48.6 Å². The van der Waals surface area contributed by atoms with Gasteiger partial charge in [0.1, 0.15) is 91.4 Å². The summed E-state index contributed by atoms with van der Waals surface area (Å²) in [6.07, 6.45) is 18.6. The van der Waals surface area contributed by atoms with E-state index in [4.69, 9.17) is 62.9 Å². The molecule has 16 nitrogen and oxygen atoms in total. The smallest absolute Gasteiger partial charge is 0.164 e. The van der Waals surface area contributed by atoms with Gasteiger partial charge in [-0.2, -0.15) is 0 Å². The van der Waals surface area contributed by atoms with Crippen LogP contribution in [0.2, 0.25) is 0 Å². The van der Waals surface area contributed by atoms with Gasteiger partial charge in [0.05, 0.1) is 90.7 Å². The van der Waals surface area contributed by atoms with E-state index in [2.05, 4.69) is 70.3 Å². The average Bonchev–Trinajstić information content (AvgIpc) is 4.39. The molecule has 3 aromatic carbocycles. The van der Waals surface area contributed by atoms with Crippen LogP contribution in [-0.4, -0.2) is 73.6 Å². The number of hydrogen-bond donors (Lipinski definition) is 3. The van der Waals surface area contributed by atoms with Gasteiger partial charge in [0, 0.05) is 0 Å². The molecule has 3 aromatic heterocycles. The van der Waals surface area contributed by atoms with Crippen molar-refractivity contribution in [2.45, 2.75) is 158 Å². The number of hydrogen-bond acceptors (Lipinski definition) is 13. The Balaban J connectivity index is 1.48. The molecule has 428 valence electrons. The van der Waals surface area contributed by atoms with Crippen molar-refractivity contribution >= 4 is 49.8 Å². The Morgan fingerprint density at radius 1 is 0.338 bits per heavy atom.